The Morgan fingerprint density at radius 1 is 0.511 bits per heavy atom. The molecule has 0 aliphatic carbocycles. The van der Waals surface area contributed by atoms with Gasteiger partial charge in [-0.2, -0.15) is 0 Å². The van der Waals surface area contributed by atoms with E-state index < -0.39 is 0 Å². The number of fused-ring (bicyclic) bond motifs is 3. The molecule has 47 heavy (non-hydrogen) atoms. The highest BCUT2D eigenvalue weighted by molar-refractivity contribution is 7.19. The van der Waals surface area contributed by atoms with Crippen molar-refractivity contribution in [2.24, 2.45) is 0 Å². The van der Waals surface area contributed by atoms with E-state index in [9.17, 15) is 0 Å². The highest BCUT2D eigenvalue weighted by Gasteiger charge is 2.22. The molecule has 0 atom stereocenters. The minimum atomic E-state index is 0.647. The normalized spacial score (nSPS) is 11.7. The van der Waals surface area contributed by atoms with Crippen LogP contribution in [-0.2, 0) is 0 Å². The molecule has 5 aromatic heterocycles. The van der Waals surface area contributed by atoms with Crippen LogP contribution in [0.3, 0.4) is 0 Å². The average Bonchev–Trinajstić information content (AvgIpc) is 3.92. The number of rotatable bonds is 6. The van der Waals surface area contributed by atoms with E-state index >= 15 is 0 Å². The summed E-state index contributed by atoms with van der Waals surface area (Å²) in [5.74, 6) is 0. The molecule has 0 amide bonds. The third-order valence-electron chi connectivity index (χ3n) is 8.34. The Bertz CT molecular complexity index is 2600. The van der Waals surface area contributed by atoms with Gasteiger partial charge >= 0.3 is 0 Å². The summed E-state index contributed by atoms with van der Waals surface area (Å²) in [7, 11) is 0. The van der Waals surface area contributed by atoms with E-state index in [0.717, 1.165) is 37.1 Å². The number of thiophene rings is 2. The van der Waals surface area contributed by atoms with Gasteiger partial charge < -0.3 is 0 Å². The first-order chi connectivity index (χ1) is 23.3. The SMILES string of the molecule is C(=C\c1nc(-c2ccc(-c3ccc4ccccc4c3)s2)c2nonc2c1-c1ccc(-c2ccc3ccccc3c2)s1)/c1ccncc1. The minimum absolute atomic E-state index is 0.647. The molecule has 0 radical (unpaired) electrons. The molecule has 5 nitrogen and oxygen atoms in total. The molecule has 0 saturated carbocycles. The van der Waals surface area contributed by atoms with Crippen molar-refractivity contribution in [2.75, 3.05) is 0 Å². The van der Waals surface area contributed by atoms with Crippen LogP contribution in [0.25, 0.3) is 86.6 Å². The Morgan fingerprint density at radius 3 is 1.77 bits per heavy atom. The number of benzene rings is 4. The van der Waals surface area contributed by atoms with E-state index in [-0.39, 0.29) is 0 Å². The molecule has 9 aromatic rings. The maximum absolute atomic E-state index is 5.42. The van der Waals surface area contributed by atoms with Gasteiger partial charge in [0.1, 0.15) is 11.2 Å². The van der Waals surface area contributed by atoms with E-state index in [1.807, 2.05) is 12.1 Å². The van der Waals surface area contributed by atoms with Gasteiger partial charge in [0.25, 0.3) is 0 Å². The Morgan fingerprint density at radius 2 is 1.09 bits per heavy atom. The Kier molecular flexibility index (Phi) is 6.77. The van der Waals surface area contributed by atoms with Crippen molar-refractivity contribution in [3.63, 3.8) is 0 Å². The zero-order chi connectivity index (χ0) is 31.2. The average molecular weight is 641 g/mol. The molecule has 0 aliphatic rings. The standard InChI is InChI=1S/C40H24N4OS2/c1-3-7-28-23-30(12-10-26(28)5-1)33-15-17-35(46-33)37-32(14-9-25-19-21-41-22-20-25)42-38(40-39(37)43-45-44-40)36-18-16-34(47-36)31-13-11-27-6-2-4-8-29(27)24-31/h1-24H/b14-9+. The third kappa shape index (κ3) is 5.12. The fourth-order valence-corrected chi connectivity index (χ4v) is 8.03. The molecule has 222 valence electrons. The van der Waals surface area contributed by atoms with Gasteiger partial charge in [0.2, 0.25) is 0 Å². The maximum Gasteiger partial charge on any atom is 0.163 e. The van der Waals surface area contributed by atoms with Gasteiger partial charge in [0, 0.05) is 32.6 Å². The van der Waals surface area contributed by atoms with Crippen molar-refractivity contribution in [1.29, 1.82) is 0 Å². The molecule has 5 heterocycles. The number of aromatic nitrogens is 4. The van der Waals surface area contributed by atoms with Crippen molar-refractivity contribution in [1.82, 2.24) is 20.3 Å². The number of hydrogen-bond donors (Lipinski definition) is 0. The van der Waals surface area contributed by atoms with E-state index in [1.165, 1.54) is 37.5 Å². The van der Waals surface area contributed by atoms with Gasteiger partial charge in [-0.15, -0.1) is 22.7 Å². The number of pyridine rings is 2. The summed E-state index contributed by atoms with van der Waals surface area (Å²) in [4.78, 5) is 13.8. The first-order valence-corrected chi connectivity index (χ1v) is 16.8. The molecule has 0 unspecified atom stereocenters. The Balaban J connectivity index is 1.18. The second-order valence-corrected chi connectivity index (χ2v) is 13.4. The highest BCUT2D eigenvalue weighted by atomic mass is 32.1. The molecule has 0 saturated heterocycles. The molecule has 0 aliphatic heterocycles. The van der Waals surface area contributed by atoms with Crippen LogP contribution >= 0.6 is 22.7 Å². The molecule has 0 fully saturated rings. The first kappa shape index (κ1) is 27.5. The second kappa shape index (κ2) is 11.6. The van der Waals surface area contributed by atoms with Crippen LogP contribution in [0.15, 0.2) is 138 Å². The van der Waals surface area contributed by atoms with E-state index in [1.54, 1.807) is 35.1 Å². The zero-order valence-corrected chi connectivity index (χ0v) is 26.5. The molecule has 7 heteroatoms. The predicted molar refractivity (Wildman–Crippen MR) is 195 cm³/mol. The van der Waals surface area contributed by atoms with Gasteiger partial charge in [-0.1, -0.05) is 78.9 Å². The molecular weight excluding hydrogens is 617 g/mol. The van der Waals surface area contributed by atoms with Crippen LogP contribution in [0.1, 0.15) is 11.3 Å². The largest absolute Gasteiger partial charge is 0.265 e. The Labute approximate surface area is 278 Å². The molecule has 0 spiro atoms. The summed E-state index contributed by atoms with van der Waals surface area (Å²) in [5, 5.41) is 13.7. The van der Waals surface area contributed by atoms with Crippen molar-refractivity contribution in [2.45, 2.75) is 0 Å². The monoisotopic (exact) mass is 640 g/mol. The summed E-state index contributed by atoms with van der Waals surface area (Å²) in [6.07, 6.45) is 7.69. The van der Waals surface area contributed by atoms with Crippen LogP contribution in [0.4, 0.5) is 0 Å². The Hall–Kier alpha value is -5.76. The summed E-state index contributed by atoms with van der Waals surface area (Å²) in [6.45, 7) is 0. The smallest absolute Gasteiger partial charge is 0.163 e. The first-order valence-electron chi connectivity index (χ1n) is 15.2. The van der Waals surface area contributed by atoms with Crippen LogP contribution in [0.2, 0.25) is 0 Å². The van der Waals surface area contributed by atoms with Gasteiger partial charge in [0.05, 0.1) is 10.6 Å². The second-order valence-electron chi connectivity index (χ2n) is 11.2. The van der Waals surface area contributed by atoms with E-state index in [0.29, 0.717) is 11.0 Å². The molecule has 0 bridgehead atoms. The minimum Gasteiger partial charge on any atom is -0.265 e. The molecule has 0 N–H and O–H groups in total. The lowest BCUT2D eigenvalue weighted by Crippen LogP contribution is -1.93. The molecule has 9 rings (SSSR count). The van der Waals surface area contributed by atoms with Crippen molar-refractivity contribution in [3.05, 3.63) is 145 Å². The van der Waals surface area contributed by atoms with Crippen LogP contribution in [-0.4, -0.2) is 20.3 Å². The van der Waals surface area contributed by atoms with Crippen LogP contribution in [0.5, 0.6) is 0 Å². The van der Waals surface area contributed by atoms with Crippen molar-refractivity contribution in [3.8, 4) is 41.9 Å². The predicted octanol–water partition coefficient (Wildman–Crippen LogP) is 11.3. The summed E-state index contributed by atoms with van der Waals surface area (Å²) >= 11 is 3.41. The summed E-state index contributed by atoms with van der Waals surface area (Å²) in [5.41, 5.74) is 7.17. The maximum atomic E-state index is 5.42. The van der Waals surface area contributed by atoms with Crippen molar-refractivity contribution < 1.29 is 4.63 Å². The lowest BCUT2D eigenvalue weighted by atomic mass is 10.1. The fourth-order valence-electron chi connectivity index (χ4n) is 5.98. The third-order valence-corrected chi connectivity index (χ3v) is 10.6. The van der Waals surface area contributed by atoms with Crippen molar-refractivity contribution >= 4 is 67.4 Å². The van der Waals surface area contributed by atoms with Crippen LogP contribution < -0.4 is 0 Å². The number of nitrogens with zero attached hydrogens (tertiary/aromatic N) is 4. The summed E-state index contributed by atoms with van der Waals surface area (Å²) < 4.78 is 5.42. The van der Waals surface area contributed by atoms with Gasteiger partial charge in [-0.05, 0) is 103 Å². The topological polar surface area (TPSA) is 64.7 Å². The zero-order valence-electron chi connectivity index (χ0n) is 24.9. The quantitative estimate of drug-likeness (QED) is 0.181. The fraction of sp³-hybridized carbons (Fsp3) is 0. The number of hydrogen-bond acceptors (Lipinski definition) is 7. The molecular formula is C40H24N4OS2. The molecule has 4 aromatic carbocycles. The summed E-state index contributed by atoms with van der Waals surface area (Å²) in [6, 6.07) is 42.6. The van der Waals surface area contributed by atoms with E-state index in [2.05, 4.69) is 137 Å². The van der Waals surface area contributed by atoms with Gasteiger partial charge in [-0.3, -0.25) is 4.98 Å². The lowest BCUT2D eigenvalue weighted by Gasteiger charge is -2.08. The highest BCUT2D eigenvalue weighted by Crippen LogP contribution is 2.43. The lowest BCUT2D eigenvalue weighted by molar-refractivity contribution is 0.315. The van der Waals surface area contributed by atoms with Gasteiger partial charge in [-0.25, -0.2) is 9.61 Å². The van der Waals surface area contributed by atoms with Crippen LogP contribution in [0, 0.1) is 0 Å². The van der Waals surface area contributed by atoms with Gasteiger partial charge in [0.15, 0.2) is 5.52 Å². The van der Waals surface area contributed by atoms with E-state index in [4.69, 9.17) is 9.61 Å².